The Hall–Kier alpha value is -2.82. The maximum absolute atomic E-state index is 12.3. The average molecular weight is 355 g/mol. The molecule has 2 aromatic rings. The number of anilines is 1. The molecule has 0 fully saturated rings. The Balaban J connectivity index is 1.89. The van der Waals surface area contributed by atoms with Crippen LogP contribution in [-0.2, 0) is 9.53 Å². The fourth-order valence-electron chi connectivity index (χ4n) is 2.21. The van der Waals surface area contributed by atoms with Gasteiger partial charge in [-0.25, -0.2) is 4.79 Å². The van der Waals surface area contributed by atoms with Gasteiger partial charge in [-0.05, 0) is 56.7 Å². The van der Waals surface area contributed by atoms with E-state index in [1.807, 2.05) is 38.1 Å². The van der Waals surface area contributed by atoms with Gasteiger partial charge < -0.3 is 14.8 Å². The van der Waals surface area contributed by atoms with Gasteiger partial charge in [-0.2, -0.15) is 0 Å². The number of carbonyl (C=O) groups is 2. The van der Waals surface area contributed by atoms with E-state index in [-0.39, 0.29) is 11.9 Å². The number of hydrogen-bond donors (Lipinski definition) is 1. The topological polar surface area (TPSA) is 64.6 Å². The zero-order valence-electron chi connectivity index (χ0n) is 15.5. The van der Waals surface area contributed by atoms with Crippen molar-refractivity contribution in [3.8, 4) is 5.75 Å². The molecule has 5 nitrogen and oxygen atoms in total. The maximum Gasteiger partial charge on any atom is 0.347 e. The summed E-state index contributed by atoms with van der Waals surface area (Å²) in [6.45, 7) is 6.07. The number of nitrogens with one attached hydrogen (secondary N) is 1. The molecule has 1 amide bonds. The number of amides is 1. The monoisotopic (exact) mass is 355 g/mol. The van der Waals surface area contributed by atoms with Crippen molar-refractivity contribution in [3.63, 3.8) is 0 Å². The van der Waals surface area contributed by atoms with Crippen molar-refractivity contribution in [2.75, 3.05) is 11.9 Å². The van der Waals surface area contributed by atoms with Crippen LogP contribution in [0.2, 0.25) is 0 Å². The quantitative estimate of drug-likeness (QED) is 0.564. The summed E-state index contributed by atoms with van der Waals surface area (Å²) in [5, 5.41) is 2.84. The molecule has 5 heteroatoms. The predicted octanol–water partition coefficient (Wildman–Crippen LogP) is 4.36. The van der Waals surface area contributed by atoms with Crippen LogP contribution < -0.4 is 10.1 Å². The Labute approximate surface area is 154 Å². The average Bonchev–Trinajstić information content (AvgIpc) is 2.64. The summed E-state index contributed by atoms with van der Waals surface area (Å²) < 4.78 is 10.7. The van der Waals surface area contributed by atoms with Crippen molar-refractivity contribution >= 4 is 17.6 Å². The molecule has 0 aliphatic rings. The van der Waals surface area contributed by atoms with Crippen LogP contribution in [0.4, 0.5) is 5.69 Å². The molecular formula is C21H25NO4. The van der Waals surface area contributed by atoms with E-state index in [9.17, 15) is 9.59 Å². The second-order valence-corrected chi connectivity index (χ2v) is 6.13. The number of unbranched alkanes of at least 4 members (excludes halogenated alkanes) is 1. The Morgan fingerprint density at radius 3 is 2.31 bits per heavy atom. The number of hydrogen-bond acceptors (Lipinski definition) is 4. The smallest absolute Gasteiger partial charge is 0.347 e. The predicted molar refractivity (Wildman–Crippen MR) is 102 cm³/mol. The third-order valence-electron chi connectivity index (χ3n) is 3.81. The lowest BCUT2D eigenvalue weighted by Gasteiger charge is -2.14. The van der Waals surface area contributed by atoms with Crippen LogP contribution in [0.5, 0.6) is 5.75 Å². The molecule has 0 saturated carbocycles. The van der Waals surface area contributed by atoms with Crippen molar-refractivity contribution in [3.05, 3.63) is 59.7 Å². The first kappa shape index (κ1) is 19.5. The summed E-state index contributed by atoms with van der Waals surface area (Å²) in [7, 11) is 0. The molecule has 2 aromatic carbocycles. The van der Waals surface area contributed by atoms with E-state index in [0.29, 0.717) is 17.9 Å². The van der Waals surface area contributed by atoms with Crippen LogP contribution >= 0.6 is 0 Å². The Kier molecular flexibility index (Phi) is 7.21. The van der Waals surface area contributed by atoms with E-state index in [1.54, 1.807) is 31.2 Å². The summed E-state index contributed by atoms with van der Waals surface area (Å²) in [5.41, 5.74) is 2.38. The van der Waals surface area contributed by atoms with E-state index in [2.05, 4.69) is 5.32 Å². The number of ether oxygens (including phenoxy) is 2. The molecule has 0 radical (unpaired) electrons. The SMILES string of the molecule is CCCCOC(=O)[C@H](C)Oc1ccc(C(=O)Nc2ccc(C)cc2)cc1. The zero-order chi connectivity index (χ0) is 18.9. The Morgan fingerprint density at radius 1 is 1.04 bits per heavy atom. The fraction of sp³-hybridized carbons (Fsp3) is 0.333. The molecule has 0 aromatic heterocycles. The highest BCUT2D eigenvalue weighted by atomic mass is 16.6. The lowest BCUT2D eigenvalue weighted by atomic mass is 10.2. The molecular weight excluding hydrogens is 330 g/mol. The largest absolute Gasteiger partial charge is 0.479 e. The van der Waals surface area contributed by atoms with Crippen molar-refractivity contribution in [2.24, 2.45) is 0 Å². The van der Waals surface area contributed by atoms with E-state index in [0.717, 1.165) is 24.1 Å². The first-order valence-electron chi connectivity index (χ1n) is 8.81. The van der Waals surface area contributed by atoms with Crippen LogP contribution in [0.1, 0.15) is 42.6 Å². The number of benzene rings is 2. The number of aryl methyl sites for hydroxylation is 1. The van der Waals surface area contributed by atoms with Gasteiger partial charge in [-0.15, -0.1) is 0 Å². The zero-order valence-corrected chi connectivity index (χ0v) is 15.5. The minimum absolute atomic E-state index is 0.201. The van der Waals surface area contributed by atoms with Crippen LogP contribution in [0.3, 0.4) is 0 Å². The second-order valence-electron chi connectivity index (χ2n) is 6.13. The highest BCUT2D eigenvalue weighted by Gasteiger charge is 2.16. The van der Waals surface area contributed by atoms with E-state index >= 15 is 0 Å². The minimum atomic E-state index is -0.695. The van der Waals surface area contributed by atoms with Crippen LogP contribution in [-0.4, -0.2) is 24.6 Å². The Bertz CT molecular complexity index is 723. The highest BCUT2D eigenvalue weighted by Crippen LogP contribution is 2.16. The standard InChI is InChI=1S/C21H25NO4/c1-4-5-14-25-21(24)16(3)26-19-12-8-17(9-13-19)20(23)22-18-10-6-15(2)7-11-18/h6-13,16H,4-5,14H2,1-3H3,(H,22,23)/t16-/m0/s1. The molecule has 1 N–H and O–H groups in total. The number of esters is 1. The van der Waals surface area contributed by atoms with Crippen LogP contribution in [0, 0.1) is 6.92 Å². The van der Waals surface area contributed by atoms with Gasteiger partial charge in [0.2, 0.25) is 0 Å². The first-order chi connectivity index (χ1) is 12.5. The Morgan fingerprint density at radius 2 is 1.69 bits per heavy atom. The van der Waals surface area contributed by atoms with Crippen LogP contribution in [0.15, 0.2) is 48.5 Å². The molecule has 0 aliphatic heterocycles. The lowest BCUT2D eigenvalue weighted by Crippen LogP contribution is -2.26. The highest BCUT2D eigenvalue weighted by molar-refractivity contribution is 6.04. The van der Waals surface area contributed by atoms with E-state index in [4.69, 9.17) is 9.47 Å². The van der Waals surface area contributed by atoms with E-state index < -0.39 is 6.10 Å². The molecule has 0 aliphatic carbocycles. The van der Waals surface area contributed by atoms with Gasteiger partial charge in [0.1, 0.15) is 5.75 Å². The molecule has 0 unspecified atom stereocenters. The third kappa shape index (κ3) is 5.92. The molecule has 138 valence electrons. The molecule has 0 spiro atoms. The van der Waals surface area contributed by atoms with Crippen molar-refractivity contribution < 1.29 is 19.1 Å². The summed E-state index contributed by atoms with van der Waals surface area (Å²) in [6.07, 6.45) is 1.11. The van der Waals surface area contributed by atoms with Gasteiger partial charge in [-0.3, -0.25) is 4.79 Å². The maximum atomic E-state index is 12.3. The second kappa shape index (κ2) is 9.61. The van der Waals surface area contributed by atoms with Gasteiger partial charge in [0.05, 0.1) is 6.61 Å². The number of carbonyl (C=O) groups excluding carboxylic acids is 2. The van der Waals surface area contributed by atoms with Gasteiger partial charge in [-0.1, -0.05) is 31.0 Å². The fourth-order valence-corrected chi connectivity index (χ4v) is 2.21. The summed E-state index contributed by atoms with van der Waals surface area (Å²) in [6, 6.07) is 14.2. The van der Waals surface area contributed by atoms with Gasteiger partial charge >= 0.3 is 5.97 Å². The molecule has 2 rings (SSSR count). The van der Waals surface area contributed by atoms with Crippen molar-refractivity contribution in [2.45, 2.75) is 39.7 Å². The van der Waals surface area contributed by atoms with Gasteiger partial charge in [0.25, 0.3) is 5.91 Å². The van der Waals surface area contributed by atoms with E-state index in [1.165, 1.54) is 0 Å². The minimum Gasteiger partial charge on any atom is -0.479 e. The molecule has 0 heterocycles. The third-order valence-corrected chi connectivity index (χ3v) is 3.81. The van der Waals surface area contributed by atoms with Crippen LogP contribution in [0.25, 0.3) is 0 Å². The summed E-state index contributed by atoms with van der Waals surface area (Å²) in [5.74, 6) is -0.0797. The molecule has 0 bridgehead atoms. The van der Waals surface area contributed by atoms with Crippen molar-refractivity contribution in [1.82, 2.24) is 0 Å². The normalized spacial score (nSPS) is 11.5. The van der Waals surface area contributed by atoms with Gasteiger partial charge in [0, 0.05) is 11.3 Å². The molecule has 1 atom stereocenters. The lowest BCUT2D eigenvalue weighted by molar-refractivity contribution is -0.151. The number of rotatable bonds is 8. The first-order valence-corrected chi connectivity index (χ1v) is 8.81. The summed E-state index contributed by atoms with van der Waals surface area (Å²) >= 11 is 0. The molecule has 0 saturated heterocycles. The molecule has 26 heavy (non-hydrogen) atoms. The summed E-state index contributed by atoms with van der Waals surface area (Å²) in [4.78, 5) is 24.1. The van der Waals surface area contributed by atoms with Gasteiger partial charge in [0.15, 0.2) is 6.10 Å². The van der Waals surface area contributed by atoms with Crippen molar-refractivity contribution in [1.29, 1.82) is 0 Å².